The molecule has 0 saturated carbocycles. The molecule has 0 aromatic heterocycles. The molecular formula is C8H6N2O3. The van der Waals surface area contributed by atoms with Crippen molar-refractivity contribution in [1.82, 2.24) is 10.2 Å². The smallest absolute Gasteiger partial charge is 0.314 e. The topological polar surface area (TPSA) is 66.5 Å². The van der Waals surface area contributed by atoms with Gasteiger partial charge in [-0.15, -0.1) is 0 Å². The largest absolute Gasteiger partial charge is 0.332 e. The van der Waals surface area contributed by atoms with Gasteiger partial charge in [-0.3, -0.25) is 9.59 Å². The number of rotatable bonds is 0. The number of nitrogens with one attached hydrogen (secondary N) is 1. The van der Waals surface area contributed by atoms with Gasteiger partial charge in [0.05, 0.1) is 12.1 Å². The number of urea groups is 1. The number of imide groups is 1. The van der Waals surface area contributed by atoms with Crippen LogP contribution in [-0.4, -0.2) is 22.6 Å². The number of allylic oxidation sites excluding steroid dienone is 2. The quantitative estimate of drug-likeness (QED) is 0.527. The van der Waals surface area contributed by atoms with Gasteiger partial charge in [0.2, 0.25) is 5.91 Å². The molecule has 2 rings (SSSR count). The Bertz CT molecular complexity index is 368. The highest BCUT2D eigenvalue weighted by molar-refractivity contribution is 6.13. The Kier molecular flexibility index (Phi) is 1.51. The van der Waals surface area contributed by atoms with Gasteiger partial charge in [0.15, 0.2) is 5.78 Å². The second-order valence-electron chi connectivity index (χ2n) is 2.72. The summed E-state index contributed by atoms with van der Waals surface area (Å²) in [5, 5.41) is 2.36. The molecule has 0 aromatic carbocycles. The van der Waals surface area contributed by atoms with Crippen molar-refractivity contribution in [3.05, 3.63) is 24.0 Å². The highest BCUT2D eigenvalue weighted by atomic mass is 16.2. The Morgan fingerprint density at radius 1 is 1.31 bits per heavy atom. The number of hydrogen-bond donors (Lipinski definition) is 1. The Labute approximate surface area is 73.7 Å². The molecule has 0 saturated heterocycles. The van der Waals surface area contributed by atoms with Crippen LogP contribution < -0.4 is 5.32 Å². The first kappa shape index (κ1) is 7.72. The predicted octanol–water partition coefficient (Wildman–Crippen LogP) is -0.0914. The summed E-state index contributed by atoms with van der Waals surface area (Å²) in [5.74, 6) is -0.750. The molecule has 0 radical (unpaired) electrons. The van der Waals surface area contributed by atoms with Gasteiger partial charge in [-0.1, -0.05) is 0 Å². The lowest BCUT2D eigenvalue weighted by Crippen LogP contribution is -2.46. The number of hydrogen-bond acceptors (Lipinski definition) is 3. The Balaban J connectivity index is 2.48. The maximum Gasteiger partial charge on any atom is 0.332 e. The van der Waals surface area contributed by atoms with E-state index < -0.39 is 11.9 Å². The third-order valence-electron chi connectivity index (χ3n) is 1.81. The lowest BCUT2D eigenvalue weighted by molar-refractivity contribution is -0.131. The van der Waals surface area contributed by atoms with Gasteiger partial charge in [0.25, 0.3) is 0 Å². The highest BCUT2D eigenvalue weighted by Gasteiger charge is 2.31. The number of ketones is 1. The molecule has 0 aliphatic carbocycles. The van der Waals surface area contributed by atoms with Crippen LogP contribution >= 0.6 is 0 Å². The van der Waals surface area contributed by atoms with Crippen LogP contribution in [0.3, 0.4) is 0 Å². The van der Waals surface area contributed by atoms with Crippen molar-refractivity contribution in [3.8, 4) is 0 Å². The van der Waals surface area contributed by atoms with Crippen LogP contribution in [0.4, 0.5) is 4.79 Å². The normalized spacial score (nSPS) is 21.1. The average molecular weight is 178 g/mol. The van der Waals surface area contributed by atoms with E-state index >= 15 is 0 Å². The number of nitrogens with zero attached hydrogens (tertiary/aromatic N) is 1. The number of carbonyl (C=O) groups is 3. The number of fused-ring (bicyclic) bond motifs is 1. The number of carbonyl (C=O) groups excluding carboxylic acids is 3. The molecule has 2 heterocycles. The minimum absolute atomic E-state index is 0.231. The van der Waals surface area contributed by atoms with Gasteiger partial charge in [0, 0.05) is 12.3 Å². The van der Waals surface area contributed by atoms with Crippen molar-refractivity contribution in [1.29, 1.82) is 0 Å². The van der Waals surface area contributed by atoms with E-state index in [0.29, 0.717) is 5.70 Å². The molecular weight excluding hydrogens is 172 g/mol. The molecule has 0 bridgehead atoms. The molecule has 0 spiro atoms. The fourth-order valence-electron chi connectivity index (χ4n) is 1.27. The molecule has 66 valence electrons. The van der Waals surface area contributed by atoms with Crippen molar-refractivity contribution >= 4 is 17.7 Å². The van der Waals surface area contributed by atoms with Crippen molar-refractivity contribution in [3.63, 3.8) is 0 Å². The van der Waals surface area contributed by atoms with Gasteiger partial charge in [-0.2, -0.15) is 0 Å². The van der Waals surface area contributed by atoms with Crippen LogP contribution in [0.15, 0.2) is 24.0 Å². The Morgan fingerprint density at radius 3 is 2.85 bits per heavy atom. The van der Waals surface area contributed by atoms with E-state index in [4.69, 9.17) is 0 Å². The van der Waals surface area contributed by atoms with E-state index in [1.807, 2.05) is 0 Å². The van der Waals surface area contributed by atoms with Crippen LogP contribution in [0.1, 0.15) is 6.42 Å². The first-order chi connectivity index (χ1) is 6.18. The van der Waals surface area contributed by atoms with E-state index in [-0.39, 0.29) is 12.2 Å². The Morgan fingerprint density at radius 2 is 2.08 bits per heavy atom. The summed E-state index contributed by atoms with van der Waals surface area (Å²) >= 11 is 0. The summed E-state index contributed by atoms with van der Waals surface area (Å²) in [7, 11) is 0. The van der Waals surface area contributed by atoms with Gasteiger partial charge in [-0.25, -0.2) is 9.69 Å². The van der Waals surface area contributed by atoms with Gasteiger partial charge in [-0.05, 0) is 6.08 Å². The van der Waals surface area contributed by atoms with Crippen molar-refractivity contribution < 1.29 is 14.4 Å². The average Bonchev–Trinajstić information content (AvgIpc) is 2.02. The maximum absolute atomic E-state index is 11.2. The molecule has 3 amide bonds. The van der Waals surface area contributed by atoms with E-state index in [9.17, 15) is 14.4 Å². The zero-order valence-corrected chi connectivity index (χ0v) is 6.61. The maximum atomic E-state index is 11.2. The lowest BCUT2D eigenvalue weighted by atomic mass is 10.1. The van der Waals surface area contributed by atoms with Crippen LogP contribution in [0, 0.1) is 0 Å². The minimum Gasteiger partial charge on any atom is -0.314 e. The second-order valence-corrected chi connectivity index (χ2v) is 2.72. The van der Waals surface area contributed by atoms with E-state index in [0.717, 1.165) is 4.90 Å². The van der Waals surface area contributed by atoms with E-state index in [2.05, 4.69) is 5.32 Å². The molecule has 0 fully saturated rings. The SMILES string of the molecule is O=C1C=C2C=CNC(=O)N2C(=O)C1. The molecule has 2 aliphatic rings. The predicted molar refractivity (Wildman–Crippen MR) is 42.2 cm³/mol. The highest BCUT2D eigenvalue weighted by Crippen LogP contribution is 2.17. The summed E-state index contributed by atoms with van der Waals surface area (Å²) in [5.41, 5.74) is 0.338. The van der Waals surface area contributed by atoms with Crippen LogP contribution in [0.2, 0.25) is 0 Å². The first-order valence-corrected chi connectivity index (χ1v) is 3.73. The molecule has 5 nitrogen and oxygen atoms in total. The third-order valence-corrected chi connectivity index (χ3v) is 1.81. The summed E-state index contributed by atoms with van der Waals surface area (Å²) < 4.78 is 0. The van der Waals surface area contributed by atoms with Gasteiger partial charge in [0.1, 0.15) is 0 Å². The zero-order valence-electron chi connectivity index (χ0n) is 6.61. The first-order valence-electron chi connectivity index (χ1n) is 3.73. The van der Waals surface area contributed by atoms with Gasteiger partial charge < -0.3 is 5.32 Å². The molecule has 0 aromatic rings. The molecule has 0 unspecified atom stereocenters. The van der Waals surface area contributed by atoms with E-state index in [1.54, 1.807) is 0 Å². The summed E-state index contributed by atoms with van der Waals surface area (Å²) in [4.78, 5) is 34.3. The van der Waals surface area contributed by atoms with Crippen LogP contribution in [0.5, 0.6) is 0 Å². The van der Waals surface area contributed by atoms with Crippen LogP contribution in [-0.2, 0) is 9.59 Å². The monoisotopic (exact) mass is 178 g/mol. The van der Waals surface area contributed by atoms with E-state index in [1.165, 1.54) is 18.4 Å². The minimum atomic E-state index is -0.508. The zero-order chi connectivity index (χ0) is 9.42. The lowest BCUT2D eigenvalue weighted by Gasteiger charge is -2.26. The van der Waals surface area contributed by atoms with Crippen molar-refractivity contribution in [2.24, 2.45) is 0 Å². The summed E-state index contributed by atoms with van der Waals surface area (Å²) in [6, 6.07) is -0.508. The molecule has 13 heavy (non-hydrogen) atoms. The standard InChI is InChI=1S/C8H6N2O3/c11-6-3-5-1-2-9-8(13)10(5)7(12)4-6/h1-3H,4H2,(H,9,13). The van der Waals surface area contributed by atoms with Crippen molar-refractivity contribution in [2.45, 2.75) is 6.42 Å². The molecule has 1 N–H and O–H groups in total. The molecule has 2 aliphatic heterocycles. The second kappa shape index (κ2) is 2.55. The van der Waals surface area contributed by atoms with Crippen LogP contribution in [0.25, 0.3) is 0 Å². The fraction of sp³-hybridized carbons (Fsp3) is 0.125. The molecule has 5 heteroatoms. The fourth-order valence-corrected chi connectivity index (χ4v) is 1.27. The molecule has 0 atom stereocenters. The van der Waals surface area contributed by atoms with Crippen molar-refractivity contribution in [2.75, 3.05) is 0 Å². The Hall–Kier alpha value is -1.91. The summed E-state index contributed by atoms with van der Waals surface area (Å²) in [6.07, 6.45) is 3.97. The van der Waals surface area contributed by atoms with Gasteiger partial charge >= 0.3 is 6.03 Å². The summed E-state index contributed by atoms with van der Waals surface area (Å²) in [6.45, 7) is 0. The third kappa shape index (κ3) is 1.14. The number of amides is 3.